The molecule has 134 valence electrons. The van der Waals surface area contributed by atoms with E-state index in [1.165, 1.54) is 6.07 Å². The Bertz CT molecular complexity index is 578. The summed E-state index contributed by atoms with van der Waals surface area (Å²) in [6.45, 7) is 7.68. The standard InChI is InChI=1S/C18H24F3NO2/c1-4-22(11-13-8-9-24-12-13)16(23)17(2,3)14-6-5-7-15(10-14)18(19,20)21/h5-7,10,13H,4,8-9,11-12H2,1-3H3. The first kappa shape index (κ1) is 18.8. The van der Waals surface area contributed by atoms with E-state index in [0.29, 0.717) is 37.8 Å². The molecule has 1 atom stereocenters. The maximum Gasteiger partial charge on any atom is 0.416 e. The van der Waals surface area contributed by atoms with Crippen LogP contribution in [0.25, 0.3) is 0 Å². The molecular weight excluding hydrogens is 319 g/mol. The fourth-order valence-corrected chi connectivity index (χ4v) is 3.00. The van der Waals surface area contributed by atoms with Crippen LogP contribution in [0.4, 0.5) is 13.2 Å². The highest BCUT2D eigenvalue weighted by Crippen LogP contribution is 2.33. The summed E-state index contributed by atoms with van der Waals surface area (Å²) in [5.74, 6) is 0.141. The number of hydrogen-bond acceptors (Lipinski definition) is 2. The fraction of sp³-hybridized carbons (Fsp3) is 0.611. The summed E-state index contributed by atoms with van der Waals surface area (Å²) in [7, 11) is 0. The molecule has 0 spiro atoms. The minimum absolute atomic E-state index is 0.156. The highest BCUT2D eigenvalue weighted by Gasteiger charge is 2.37. The predicted molar refractivity (Wildman–Crippen MR) is 85.7 cm³/mol. The summed E-state index contributed by atoms with van der Waals surface area (Å²) < 4.78 is 44.2. The predicted octanol–water partition coefficient (Wildman–Crippen LogP) is 3.87. The van der Waals surface area contributed by atoms with E-state index in [1.54, 1.807) is 24.8 Å². The summed E-state index contributed by atoms with van der Waals surface area (Å²) in [5, 5.41) is 0. The van der Waals surface area contributed by atoms with E-state index >= 15 is 0 Å². The molecule has 1 aromatic carbocycles. The average molecular weight is 343 g/mol. The van der Waals surface area contributed by atoms with Gasteiger partial charge >= 0.3 is 6.18 Å². The topological polar surface area (TPSA) is 29.5 Å². The third-order valence-corrected chi connectivity index (χ3v) is 4.62. The van der Waals surface area contributed by atoms with Crippen LogP contribution in [-0.4, -0.2) is 37.1 Å². The van der Waals surface area contributed by atoms with Crippen LogP contribution >= 0.6 is 0 Å². The average Bonchev–Trinajstić information content (AvgIpc) is 3.04. The number of hydrogen-bond donors (Lipinski definition) is 0. The zero-order valence-electron chi connectivity index (χ0n) is 14.3. The van der Waals surface area contributed by atoms with Crippen LogP contribution in [0.2, 0.25) is 0 Å². The fourth-order valence-electron chi connectivity index (χ4n) is 3.00. The van der Waals surface area contributed by atoms with Crippen molar-refractivity contribution in [2.45, 2.75) is 38.8 Å². The molecular formula is C18H24F3NO2. The van der Waals surface area contributed by atoms with Gasteiger partial charge in [0.2, 0.25) is 5.91 Å². The van der Waals surface area contributed by atoms with Crippen molar-refractivity contribution in [3.63, 3.8) is 0 Å². The Hall–Kier alpha value is -1.56. The molecule has 1 unspecified atom stereocenters. The zero-order chi connectivity index (χ0) is 18.0. The Morgan fingerprint density at radius 1 is 1.29 bits per heavy atom. The number of halogens is 3. The van der Waals surface area contributed by atoms with Crippen molar-refractivity contribution < 1.29 is 22.7 Å². The molecule has 0 N–H and O–H groups in total. The van der Waals surface area contributed by atoms with Crippen LogP contribution < -0.4 is 0 Å². The number of carbonyl (C=O) groups is 1. The van der Waals surface area contributed by atoms with Crippen molar-refractivity contribution >= 4 is 5.91 Å². The second-order valence-electron chi connectivity index (χ2n) is 6.78. The number of benzene rings is 1. The third-order valence-electron chi connectivity index (χ3n) is 4.62. The zero-order valence-corrected chi connectivity index (χ0v) is 14.3. The van der Waals surface area contributed by atoms with Gasteiger partial charge in [-0.15, -0.1) is 0 Å². The van der Waals surface area contributed by atoms with E-state index in [1.807, 2.05) is 6.92 Å². The van der Waals surface area contributed by atoms with Crippen molar-refractivity contribution in [2.24, 2.45) is 5.92 Å². The first-order chi connectivity index (χ1) is 11.2. The number of ether oxygens (including phenoxy) is 1. The molecule has 1 fully saturated rings. The van der Waals surface area contributed by atoms with Gasteiger partial charge in [-0.05, 0) is 38.8 Å². The first-order valence-corrected chi connectivity index (χ1v) is 8.21. The summed E-state index contributed by atoms with van der Waals surface area (Å²) in [6.07, 6.45) is -3.51. The van der Waals surface area contributed by atoms with Crippen LogP contribution in [0.5, 0.6) is 0 Å². The van der Waals surface area contributed by atoms with Gasteiger partial charge in [0.1, 0.15) is 0 Å². The second-order valence-corrected chi connectivity index (χ2v) is 6.78. The molecule has 0 aliphatic carbocycles. The number of carbonyl (C=O) groups excluding carboxylic acids is 1. The van der Waals surface area contributed by atoms with Gasteiger partial charge in [0, 0.05) is 25.6 Å². The Balaban J connectivity index is 2.22. The Morgan fingerprint density at radius 2 is 1.96 bits per heavy atom. The van der Waals surface area contributed by atoms with Gasteiger partial charge in [0.15, 0.2) is 0 Å². The number of rotatable bonds is 5. The third kappa shape index (κ3) is 4.09. The molecule has 3 nitrogen and oxygen atoms in total. The molecule has 1 saturated heterocycles. The van der Waals surface area contributed by atoms with E-state index in [9.17, 15) is 18.0 Å². The molecule has 24 heavy (non-hydrogen) atoms. The van der Waals surface area contributed by atoms with Crippen molar-refractivity contribution in [2.75, 3.05) is 26.3 Å². The minimum atomic E-state index is -4.42. The number of likely N-dealkylation sites (N-methyl/N-ethyl adjacent to an activating group) is 1. The van der Waals surface area contributed by atoms with Gasteiger partial charge < -0.3 is 9.64 Å². The van der Waals surface area contributed by atoms with Crippen LogP contribution in [-0.2, 0) is 21.1 Å². The minimum Gasteiger partial charge on any atom is -0.381 e. The molecule has 1 heterocycles. The van der Waals surface area contributed by atoms with E-state index in [-0.39, 0.29) is 5.91 Å². The number of nitrogens with zero attached hydrogens (tertiary/aromatic N) is 1. The van der Waals surface area contributed by atoms with Crippen molar-refractivity contribution in [3.8, 4) is 0 Å². The molecule has 2 rings (SSSR count). The van der Waals surface area contributed by atoms with Crippen molar-refractivity contribution in [3.05, 3.63) is 35.4 Å². The van der Waals surface area contributed by atoms with Gasteiger partial charge in [0.25, 0.3) is 0 Å². The van der Waals surface area contributed by atoms with Gasteiger partial charge in [-0.2, -0.15) is 13.2 Å². The molecule has 1 aliphatic rings. The van der Waals surface area contributed by atoms with E-state index in [2.05, 4.69) is 0 Å². The monoisotopic (exact) mass is 343 g/mol. The van der Waals surface area contributed by atoms with Crippen molar-refractivity contribution in [1.82, 2.24) is 4.90 Å². The summed E-state index contributed by atoms with van der Waals surface area (Å²) in [5.41, 5.74) is -1.37. The Morgan fingerprint density at radius 3 is 2.50 bits per heavy atom. The first-order valence-electron chi connectivity index (χ1n) is 8.21. The van der Waals surface area contributed by atoms with Crippen molar-refractivity contribution in [1.29, 1.82) is 0 Å². The molecule has 0 radical (unpaired) electrons. The van der Waals surface area contributed by atoms with Crippen LogP contribution in [0.1, 0.15) is 38.3 Å². The Labute approximate surface area is 140 Å². The van der Waals surface area contributed by atoms with Crippen LogP contribution in [0.3, 0.4) is 0 Å². The van der Waals surface area contributed by atoms with Gasteiger partial charge in [-0.3, -0.25) is 4.79 Å². The number of alkyl halides is 3. The van der Waals surface area contributed by atoms with E-state index in [0.717, 1.165) is 18.6 Å². The van der Waals surface area contributed by atoms with Gasteiger partial charge in [0.05, 0.1) is 17.6 Å². The summed E-state index contributed by atoms with van der Waals surface area (Å²) >= 11 is 0. The van der Waals surface area contributed by atoms with E-state index in [4.69, 9.17) is 4.74 Å². The lowest BCUT2D eigenvalue weighted by Crippen LogP contribution is -2.45. The van der Waals surface area contributed by atoms with Gasteiger partial charge in [-0.1, -0.05) is 18.2 Å². The highest BCUT2D eigenvalue weighted by atomic mass is 19.4. The van der Waals surface area contributed by atoms with Crippen LogP contribution in [0.15, 0.2) is 24.3 Å². The largest absolute Gasteiger partial charge is 0.416 e. The quantitative estimate of drug-likeness (QED) is 0.812. The lowest BCUT2D eigenvalue weighted by atomic mass is 9.82. The van der Waals surface area contributed by atoms with E-state index < -0.39 is 17.2 Å². The van der Waals surface area contributed by atoms with Gasteiger partial charge in [-0.25, -0.2) is 0 Å². The molecule has 6 heteroatoms. The molecule has 0 aromatic heterocycles. The molecule has 0 saturated carbocycles. The smallest absolute Gasteiger partial charge is 0.381 e. The number of amides is 1. The molecule has 0 bridgehead atoms. The maximum atomic E-state index is 12.9. The summed E-state index contributed by atoms with van der Waals surface area (Å²) in [6, 6.07) is 5.04. The maximum absolute atomic E-state index is 12.9. The lowest BCUT2D eigenvalue weighted by Gasteiger charge is -2.33. The Kier molecular flexibility index (Phi) is 5.58. The second kappa shape index (κ2) is 7.13. The molecule has 1 aliphatic heterocycles. The SMILES string of the molecule is CCN(CC1CCOC1)C(=O)C(C)(C)c1cccc(C(F)(F)F)c1. The summed E-state index contributed by atoms with van der Waals surface area (Å²) in [4.78, 5) is 14.7. The normalized spacial score (nSPS) is 18.7. The lowest BCUT2D eigenvalue weighted by molar-refractivity contribution is -0.139. The highest BCUT2D eigenvalue weighted by molar-refractivity contribution is 5.87. The van der Waals surface area contributed by atoms with Crippen LogP contribution in [0, 0.1) is 5.92 Å². The molecule has 1 aromatic rings. The molecule has 1 amide bonds.